The Kier molecular flexibility index (Phi) is 2.93. The second-order valence-corrected chi connectivity index (χ2v) is 4.41. The van der Waals surface area contributed by atoms with E-state index in [9.17, 15) is 0 Å². The van der Waals surface area contributed by atoms with Gasteiger partial charge in [0, 0.05) is 22.4 Å². The summed E-state index contributed by atoms with van der Waals surface area (Å²) in [5.74, 6) is 0. The SMILES string of the molecule is Nc1c(Cl)cncc1-c1ccc(Br)cc1. The zero-order valence-corrected chi connectivity index (χ0v) is 10.1. The van der Waals surface area contributed by atoms with E-state index in [2.05, 4.69) is 20.9 Å². The van der Waals surface area contributed by atoms with E-state index in [1.807, 2.05) is 24.3 Å². The van der Waals surface area contributed by atoms with Crippen LogP contribution in [-0.2, 0) is 0 Å². The average Bonchev–Trinajstić information content (AvgIpc) is 2.24. The highest BCUT2D eigenvalue weighted by Crippen LogP contribution is 2.30. The van der Waals surface area contributed by atoms with E-state index in [1.165, 1.54) is 0 Å². The summed E-state index contributed by atoms with van der Waals surface area (Å²) in [6.07, 6.45) is 3.25. The number of pyridine rings is 1. The van der Waals surface area contributed by atoms with E-state index in [0.29, 0.717) is 10.7 Å². The summed E-state index contributed by atoms with van der Waals surface area (Å²) < 4.78 is 1.03. The molecule has 4 heteroatoms. The standard InChI is InChI=1S/C11H8BrClN2/c12-8-3-1-7(2-4-8)9-5-15-6-10(13)11(9)14/h1-6H,(H2,14,15). The first kappa shape index (κ1) is 10.5. The van der Waals surface area contributed by atoms with Crippen LogP contribution in [0.2, 0.25) is 5.02 Å². The summed E-state index contributed by atoms with van der Waals surface area (Å²) in [5, 5.41) is 0.482. The Balaban J connectivity index is 2.54. The van der Waals surface area contributed by atoms with Crippen LogP contribution in [0.4, 0.5) is 5.69 Å². The molecule has 0 aliphatic carbocycles. The highest BCUT2D eigenvalue weighted by atomic mass is 79.9. The predicted molar refractivity (Wildman–Crippen MR) is 66.8 cm³/mol. The first-order chi connectivity index (χ1) is 7.18. The van der Waals surface area contributed by atoms with E-state index in [0.717, 1.165) is 15.6 Å². The molecule has 15 heavy (non-hydrogen) atoms. The van der Waals surface area contributed by atoms with Gasteiger partial charge in [-0.15, -0.1) is 0 Å². The van der Waals surface area contributed by atoms with Crippen LogP contribution in [0, 0.1) is 0 Å². The Bertz CT molecular complexity index is 482. The Hall–Kier alpha value is -1.06. The Morgan fingerprint density at radius 2 is 1.80 bits per heavy atom. The summed E-state index contributed by atoms with van der Waals surface area (Å²) in [5.41, 5.74) is 8.29. The van der Waals surface area contributed by atoms with E-state index in [1.54, 1.807) is 12.4 Å². The third-order valence-corrected chi connectivity index (χ3v) is 2.92. The van der Waals surface area contributed by atoms with Gasteiger partial charge in [-0.1, -0.05) is 39.7 Å². The van der Waals surface area contributed by atoms with Crippen molar-refractivity contribution in [2.75, 3.05) is 5.73 Å². The van der Waals surface area contributed by atoms with Crippen LogP contribution >= 0.6 is 27.5 Å². The first-order valence-electron chi connectivity index (χ1n) is 4.33. The van der Waals surface area contributed by atoms with Crippen LogP contribution in [0.25, 0.3) is 11.1 Å². The predicted octanol–water partition coefficient (Wildman–Crippen LogP) is 3.75. The molecule has 0 radical (unpaired) electrons. The van der Waals surface area contributed by atoms with E-state index < -0.39 is 0 Å². The van der Waals surface area contributed by atoms with E-state index in [4.69, 9.17) is 17.3 Å². The summed E-state index contributed by atoms with van der Waals surface area (Å²) >= 11 is 9.28. The molecule has 2 aromatic rings. The van der Waals surface area contributed by atoms with Gasteiger partial charge in [0.25, 0.3) is 0 Å². The molecule has 1 heterocycles. The van der Waals surface area contributed by atoms with Crippen LogP contribution in [0.1, 0.15) is 0 Å². The smallest absolute Gasteiger partial charge is 0.0824 e. The number of nitrogen functional groups attached to an aromatic ring is 1. The van der Waals surface area contributed by atoms with Crippen LogP contribution < -0.4 is 5.73 Å². The van der Waals surface area contributed by atoms with Gasteiger partial charge in [0.05, 0.1) is 10.7 Å². The van der Waals surface area contributed by atoms with Crippen molar-refractivity contribution in [2.45, 2.75) is 0 Å². The molecule has 76 valence electrons. The average molecular weight is 284 g/mol. The maximum atomic E-state index is 5.90. The lowest BCUT2D eigenvalue weighted by molar-refractivity contribution is 1.33. The van der Waals surface area contributed by atoms with Crippen LogP contribution in [0.3, 0.4) is 0 Å². The van der Waals surface area contributed by atoms with E-state index >= 15 is 0 Å². The molecule has 2 rings (SSSR count). The topological polar surface area (TPSA) is 38.9 Å². The highest BCUT2D eigenvalue weighted by molar-refractivity contribution is 9.10. The Labute approximate surface area is 101 Å². The molecular formula is C11H8BrClN2. The van der Waals surface area contributed by atoms with Crippen LogP contribution in [0.15, 0.2) is 41.1 Å². The third kappa shape index (κ3) is 2.13. The normalized spacial score (nSPS) is 10.3. The Morgan fingerprint density at radius 1 is 1.13 bits per heavy atom. The molecule has 0 aliphatic rings. The van der Waals surface area contributed by atoms with Crippen molar-refractivity contribution in [1.82, 2.24) is 4.98 Å². The lowest BCUT2D eigenvalue weighted by atomic mass is 10.1. The number of hydrogen-bond donors (Lipinski definition) is 1. The van der Waals surface area contributed by atoms with E-state index in [-0.39, 0.29) is 0 Å². The highest BCUT2D eigenvalue weighted by Gasteiger charge is 2.05. The van der Waals surface area contributed by atoms with Crippen molar-refractivity contribution in [3.05, 3.63) is 46.2 Å². The molecule has 0 saturated carbocycles. The number of aromatic nitrogens is 1. The van der Waals surface area contributed by atoms with Gasteiger partial charge >= 0.3 is 0 Å². The van der Waals surface area contributed by atoms with Gasteiger partial charge < -0.3 is 5.73 Å². The van der Waals surface area contributed by atoms with Gasteiger partial charge in [0.2, 0.25) is 0 Å². The van der Waals surface area contributed by atoms with Crippen molar-refractivity contribution in [1.29, 1.82) is 0 Å². The van der Waals surface area contributed by atoms with Crippen molar-refractivity contribution < 1.29 is 0 Å². The van der Waals surface area contributed by atoms with Crippen molar-refractivity contribution >= 4 is 33.2 Å². The third-order valence-electron chi connectivity index (χ3n) is 2.09. The number of halogens is 2. The number of nitrogens with two attached hydrogens (primary N) is 1. The number of nitrogens with zero attached hydrogens (tertiary/aromatic N) is 1. The number of rotatable bonds is 1. The van der Waals surface area contributed by atoms with Gasteiger partial charge in [0.15, 0.2) is 0 Å². The molecule has 0 unspecified atom stereocenters. The lowest BCUT2D eigenvalue weighted by Crippen LogP contribution is -1.92. The summed E-state index contributed by atoms with van der Waals surface area (Å²) in [6, 6.07) is 7.84. The quantitative estimate of drug-likeness (QED) is 0.866. The first-order valence-corrected chi connectivity index (χ1v) is 5.50. The van der Waals surface area contributed by atoms with Gasteiger partial charge in [-0.3, -0.25) is 4.98 Å². The summed E-state index contributed by atoms with van der Waals surface area (Å²) in [6.45, 7) is 0. The van der Waals surface area contributed by atoms with Crippen LogP contribution in [-0.4, -0.2) is 4.98 Å². The molecule has 0 aliphatic heterocycles. The largest absolute Gasteiger partial charge is 0.397 e. The molecule has 2 N–H and O–H groups in total. The minimum atomic E-state index is 0.482. The molecule has 0 fully saturated rings. The molecule has 0 amide bonds. The fourth-order valence-corrected chi connectivity index (χ4v) is 1.73. The molecule has 0 spiro atoms. The molecule has 0 saturated heterocycles. The summed E-state index contributed by atoms with van der Waals surface area (Å²) in [4.78, 5) is 4.02. The monoisotopic (exact) mass is 282 g/mol. The molecule has 1 aromatic carbocycles. The molecular weight excluding hydrogens is 275 g/mol. The number of anilines is 1. The van der Waals surface area contributed by atoms with Crippen LogP contribution in [0.5, 0.6) is 0 Å². The lowest BCUT2D eigenvalue weighted by Gasteiger charge is -2.06. The number of benzene rings is 1. The zero-order chi connectivity index (χ0) is 10.8. The minimum Gasteiger partial charge on any atom is -0.397 e. The fraction of sp³-hybridized carbons (Fsp3) is 0. The zero-order valence-electron chi connectivity index (χ0n) is 7.74. The minimum absolute atomic E-state index is 0.482. The van der Waals surface area contributed by atoms with Gasteiger partial charge in [-0.25, -0.2) is 0 Å². The maximum absolute atomic E-state index is 5.90. The molecule has 0 bridgehead atoms. The van der Waals surface area contributed by atoms with Gasteiger partial charge in [0.1, 0.15) is 0 Å². The van der Waals surface area contributed by atoms with Gasteiger partial charge in [-0.05, 0) is 17.7 Å². The fourth-order valence-electron chi connectivity index (χ4n) is 1.30. The van der Waals surface area contributed by atoms with Crippen molar-refractivity contribution in [3.8, 4) is 11.1 Å². The molecule has 0 atom stereocenters. The van der Waals surface area contributed by atoms with Crippen molar-refractivity contribution in [2.24, 2.45) is 0 Å². The molecule has 1 aromatic heterocycles. The van der Waals surface area contributed by atoms with Crippen molar-refractivity contribution in [3.63, 3.8) is 0 Å². The number of hydrogen-bond acceptors (Lipinski definition) is 2. The second-order valence-electron chi connectivity index (χ2n) is 3.09. The summed E-state index contributed by atoms with van der Waals surface area (Å²) in [7, 11) is 0. The molecule has 2 nitrogen and oxygen atoms in total. The maximum Gasteiger partial charge on any atom is 0.0824 e. The van der Waals surface area contributed by atoms with Gasteiger partial charge in [-0.2, -0.15) is 0 Å². The second kappa shape index (κ2) is 4.21. The Morgan fingerprint density at radius 3 is 2.47 bits per heavy atom.